The number of hydrogen-bond acceptors (Lipinski definition) is 8. The zero-order valence-electron chi connectivity index (χ0n) is 23.7. The van der Waals surface area contributed by atoms with E-state index in [2.05, 4.69) is 0 Å². The van der Waals surface area contributed by atoms with Crippen LogP contribution in [0.2, 0.25) is 5.02 Å². The SMILES string of the molecule is COc1ccc2c(c1)c(CC(=O)Oc1cc(O)c3c(c1)O[C@H](c1ccc(O)cc1)CC3=O)c(C)n2C(=O)c1ccc(Cl)cc1. The number of rotatable bonds is 6. The van der Waals surface area contributed by atoms with Crippen molar-refractivity contribution in [2.75, 3.05) is 7.11 Å². The molecule has 4 aromatic carbocycles. The van der Waals surface area contributed by atoms with E-state index in [1.165, 1.54) is 35.9 Å². The van der Waals surface area contributed by atoms with Gasteiger partial charge in [-0.25, -0.2) is 0 Å². The number of ether oxygens (including phenoxy) is 3. The van der Waals surface area contributed by atoms with Crippen molar-refractivity contribution in [1.29, 1.82) is 0 Å². The van der Waals surface area contributed by atoms with Gasteiger partial charge in [-0.3, -0.25) is 19.0 Å². The van der Waals surface area contributed by atoms with E-state index in [-0.39, 0.29) is 53.1 Å². The highest BCUT2D eigenvalue weighted by atomic mass is 35.5. The quantitative estimate of drug-likeness (QED) is 0.163. The average Bonchev–Trinajstić information content (AvgIpc) is 3.26. The highest BCUT2D eigenvalue weighted by Crippen LogP contribution is 2.42. The minimum Gasteiger partial charge on any atom is -0.508 e. The number of carbonyl (C=O) groups is 3. The Bertz CT molecular complexity index is 1940. The Kier molecular flexibility index (Phi) is 7.48. The van der Waals surface area contributed by atoms with Gasteiger partial charge in [0.25, 0.3) is 5.91 Å². The summed E-state index contributed by atoms with van der Waals surface area (Å²) in [7, 11) is 1.53. The van der Waals surface area contributed by atoms with Crippen LogP contribution in [-0.4, -0.2) is 39.5 Å². The number of Topliss-reactive ketones (excluding diaryl/α,β-unsaturated/α-hetero) is 1. The molecular weight excluding hydrogens is 586 g/mol. The molecule has 0 spiro atoms. The first-order valence-electron chi connectivity index (χ1n) is 13.7. The Morgan fingerprint density at radius 3 is 2.41 bits per heavy atom. The summed E-state index contributed by atoms with van der Waals surface area (Å²) in [5, 5.41) is 21.4. The Morgan fingerprint density at radius 2 is 1.70 bits per heavy atom. The number of aromatic hydroxyl groups is 2. The van der Waals surface area contributed by atoms with Crippen molar-refractivity contribution >= 4 is 40.2 Å². The molecule has 2 N–H and O–H groups in total. The van der Waals surface area contributed by atoms with Crippen LogP contribution in [0.3, 0.4) is 0 Å². The van der Waals surface area contributed by atoms with Gasteiger partial charge in [0.15, 0.2) is 5.78 Å². The highest BCUT2D eigenvalue weighted by Gasteiger charge is 2.31. The third-order valence-corrected chi connectivity index (χ3v) is 7.88. The fourth-order valence-corrected chi connectivity index (χ4v) is 5.58. The first-order valence-corrected chi connectivity index (χ1v) is 14.1. The summed E-state index contributed by atoms with van der Waals surface area (Å²) in [5.74, 6) is -0.964. The van der Waals surface area contributed by atoms with Gasteiger partial charge in [0, 0.05) is 33.8 Å². The Balaban J connectivity index is 1.30. The number of carbonyl (C=O) groups excluding carboxylic acids is 3. The van der Waals surface area contributed by atoms with E-state index < -0.39 is 12.1 Å². The molecule has 9 nitrogen and oxygen atoms in total. The fourth-order valence-electron chi connectivity index (χ4n) is 5.46. The molecule has 5 aromatic rings. The van der Waals surface area contributed by atoms with Crippen LogP contribution in [0.4, 0.5) is 0 Å². The maximum atomic E-state index is 13.6. The van der Waals surface area contributed by atoms with E-state index in [9.17, 15) is 24.6 Å². The third kappa shape index (κ3) is 5.33. The molecule has 0 unspecified atom stereocenters. The van der Waals surface area contributed by atoms with Crippen LogP contribution >= 0.6 is 11.6 Å². The van der Waals surface area contributed by atoms with Crippen LogP contribution in [-0.2, 0) is 11.2 Å². The van der Waals surface area contributed by atoms with Gasteiger partial charge < -0.3 is 24.4 Å². The number of aromatic nitrogens is 1. The molecule has 6 rings (SSSR count). The second-order valence-corrected chi connectivity index (χ2v) is 10.8. The van der Waals surface area contributed by atoms with Crippen LogP contribution in [0, 0.1) is 6.92 Å². The molecule has 222 valence electrons. The molecule has 10 heteroatoms. The number of phenolic OH excluding ortho intramolecular Hbond substituents is 2. The van der Waals surface area contributed by atoms with E-state index in [0.717, 1.165) is 0 Å². The minimum atomic E-state index is -0.662. The summed E-state index contributed by atoms with van der Waals surface area (Å²) >= 11 is 6.01. The van der Waals surface area contributed by atoms with Crippen LogP contribution < -0.4 is 14.2 Å². The topological polar surface area (TPSA) is 124 Å². The van der Waals surface area contributed by atoms with Gasteiger partial charge in [-0.05, 0) is 72.6 Å². The van der Waals surface area contributed by atoms with E-state index in [0.29, 0.717) is 44.1 Å². The van der Waals surface area contributed by atoms with Gasteiger partial charge in [-0.15, -0.1) is 0 Å². The number of halogens is 1. The van der Waals surface area contributed by atoms with Crippen molar-refractivity contribution in [3.8, 4) is 28.7 Å². The molecule has 1 aliphatic heterocycles. The van der Waals surface area contributed by atoms with E-state index in [1.807, 2.05) is 0 Å². The number of esters is 1. The van der Waals surface area contributed by atoms with Gasteiger partial charge >= 0.3 is 5.97 Å². The summed E-state index contributed by atoms with van der Waals surface area (Å²) in [4.78, 5) is 39.8. The van der Waals surface area contributed by atoms with E-state index >= 15 is 0 Å². The molecule has 0 saturated heterocycles. The van der Waals surface area contributed by atoms with Gasteiger partial charge in [-0.1, -0.05) is 23.7 Å². The lowest BCUT2D eigenvalue weighted by Crippen LogP contribution is -2.21. The molecule has 0 radical (unpaired) electrons. The van der Waals surface area contributed by atoms with E-state index in [1.54, 1.807) is 61.5 Å². The summed E-state index contributed by atoms with van der Waals surface area (Å²) in [6.45, 7) is 1.75. The number of phenols is 2. The second-order valence-electron chi connectivity index (χ2n) is 10.4. The summed E-state index contributed by atoms with van der Waals surface area (Å²) in [6.07, 6.45) is -0.862. The van der Waals surface area contributed by atoms with Gasteiger partial charge in [0.2, 0.25) is 0 Å². The van der Waals surface area contributed by atoms with Crippen LogP contribution in [0.15, 0.2) is 78.9 Å². The van der Waals surface area contributed by atoms with Crippen molar-refractivity contribution in [1.82, 2.24) is 4.57 Å². The fraction of sp³-hybridized carbons (Fsp3) is 0.147. The van der Waals surface area contributed by atoms with Crippen molar-refractivity contribution in [2.45, 2.75) is 25.9 Å². The maximum absolute atomic E-state index is 13.6. The van der Waals surface area contributed by atoms with Crippen molar-refractivity contribution in [3.63, 3.8) is 0 Å². The molecule has 44 heavy (non-hydrogen) atoms. The van der Waals surface area contributed by atoms with Crippen LogP contribution in [0.25, 0.3) is 10.9 Å². The average molecular weight is 612 g/mol. The standard InChI is InChI=1S/C34H26ClNO8/c1-18-25(26-13-23(42-2)11-12-27(26)36(18)34(41)20-3-7-21(35)8-4-20)16-32(40)43-24-14-28(38)33-29(39)17-30(44-31(33)15-24)19-5-9-22(37)10-6-19/h3-15,30,37-38H,16-17H2,1-2H3/t30-/m0/s1. The lowest BCUT2D eigenvalue weighted by molar-refractivity contribution is -0.133. The summed E-state index contributed by atoms with van der Waals surface area (Å²) < 4.78 is 18.6. The Hall–Kier alpha value is -5.28. The molecule has 0 saturated carbocycles. The molecule has 0 aliphatic carbocycles. The number of methoxy groups -OCH3 is 1. The van der Waals surface area contributed by atoms with Crippen molar-refractivity contribution < 1.29 is 38.8 Å². The largest absolute Gasteiger partial charge is 0.508 e. The van der Waals surface area contributed by atoms with Gasteiger partial charge in [0.05, 0.1) is 25.5 Å². The summed E-state index contributed by atoms with van der Waals surface area (Å²) in [5.41, 5.74) is 2.79. The zero-order valence-corrected chi connectivity index (χ0v) is 24.4. The lowest BCUT2D eigenvalue weighted by Gasteiger charge is -2.26. The van der Waals surface area contributed by atoms with Crippen molar-refractivity contribution in [3.05, 3.63) is 112 Å². The Morgan fingerprint density at radius 1 is 0.977 bits per heavy atom. The molecule has 0 fully saturated rings. The van der Waals surface area contributed by atoms with E-state index in [4.69, 9.17) is 25.8 Å². The lowest BCUT2D eigenvalue weighted by atomic mass is 9.95. The summed E-state index contributed by atoms with van der Waals surface area (Å²) in [6, 6.07) is 20.6. The van der Waals surface area contributed by atoms with Gasteiger partial charge in [-0.2, -0.15) is 0 Å². The van der Waals surface area contributed by atoms with Crippen LogP contribution in [0.1, 0.15) is 50.1 Å². The first kappa shape index (κ1) is 28.8. The maximum Gasteiger partial charge on any atom is 0.315 e. The number of hydrogen-bond donors (Lipinski definition) is 2. The minimum absolute atomic E-state index is 0.00606. The molecule has 0 bridgehead atoms. The predicted octanol–water partition coefficient (Wildman–Crippen LogP) is 6.57. The molecular formula is C34H26ClNO8. The number of ketones is 1. The smallest absolute Gasteiger partial charge is 0.315 e. The molecule has 1 atom stereocenters. The molecule has 2 heterocycles. The first-order chi connectivity index (χ1) is 21.1. The normalized spacial score (nSPS) is 14.2. The Labute approximate surface area is 256 Å². The third-order valence-electron chi connectivity index (χ3n) is 7.63. The number of benzene rings is 4. The van der Waals surface area contributed by atoms with Gasteiger partial charge in [0.1, 0.15) is 40.4 Å². The number of nitrogens with zero attached hydrogens (tertiary/aromatic N) is 1. The highest BCUT2D eigenvalue weighted by molar-refractivity contribution is 6.30. The molecule has 0 amide bonds. The zero-order chi connectivity index (χ0) is 31.1. The molecule has 1 aromatic heterocycles. The van der Waals surface area contributed by atoms with Crippen molar-refractivity contribution in [2.24, 2.45) is 0 Å². The number of fused-ring (bicyclic) bond motifs is 2. The predicted molar refractivity (Wildman–Crippen MR) is 162 cm³/mol. The van der Waals surface area contributed by atoms with Crippen LogP contribution in [0.5, 0.6) is 28.7 Å². The molecule has 1 aliphatic rings. The monoisotopic (exact) mass is 611 g/mol. The second kappa shape index (κ2) is 11.4.